The van der Waals surface area contributed by atoms with Crippen molar-refractivity contribution < 1.29 is 0 Å². The summed E-state index contributed by atoms with van der Waals surface area (Å²) in [5.41, 5.74) is 1.69. The van der Waals surface area contributed by atoms with E-state index in [1.165, 1.54) is 6.20 Å². The van der Waals surface area contributed by atoms with E-state index in [-0.39, 0.29) is 0 Å². The number of nitrogens with zero attached hydrogens (tertiary/aromatic N) is 2. The Balaban J connectivity index is 3.12. The highest BCUT2D eigenvalue weighted by molar-refractivity contribution is 6.29. The highest BCUT2D eigenvalue weighted by Crippen LogP contribution is 2.13. The van der Waals surface area contributed by atoms with Crippen molar-refractivity contribution in [3.05, 3.63) is 29.4 Å². The van der Waals surface area contributed by atoms with E-state index in [0.717, 1.165) is 0 Å². The molecule has 0 spiro atoms. The van der Waals surface area contributed by atoms with Gasteiger partial charge in [-0.2, -0.15) is 0 Å². The van der Waals surface area contributed by atoms with Gasteiger partial charge in [-0.25, -0.2) is 4.98 Å². The molecule has 0 aromatic carbocycles. The minimum absolute atomic E-state index is 0.325. The predicted octanol–water partition coefficient (Wildman–Crippen LogP) is 1.73. The molecule has 0 aliphatic heterocycles. The third-order valence-corrected chi connectivity index (χ3v) is 1.76. The van der Waals surface area contributed by atoms with Gasteiger partial charge in [0, 0.05) is 24.5 Å². The molecule has 0 bridgehead atoms. The number of allylic oxidation sites excluding steroid dienone is 1. The topological polar surface area (TPSA) is 61.7 Å². The normalized spacial score (nSPS) is 11.2. The lowest BCUT2D eigenvalue weighted by atomic mass is 10.1. The molecule has 1 aromatic rings. The number of nitrogens with one attached hydrogen (secondary N) is 2. The predicted molar refractivity (Wildman–Crippen MR) is 57.5 cm³/mol. The maximum absolute atomic E-state index is 7.54. The Bertz CT molecular complexity index is 373. The first-order valence-corrected chi connectivity index (χ1v) is 4.44. The highest BCUT2D eigenvalue weighted by atomic mass is 35.5. The van der Waals surface area contributed by atoms with E-state index in [4.69, 9.17) is 17.0 Å². The third-order valence-electron chi connectivity index (χ3n) is 1.57. The molecule has 14 heavy (non-hydrogen) atoms. The maximum Gasteiger partial charge on any atom is 0.148 e. The van der Waals surface area contributed by atoms with Gasteiger partial charge in [0.25, 0.3) is 0 Å². The van der Waals surface area contributed by atoms with E-state index < -0.39 is 0 Å². The smallest absolute Gasteiger partial charge is 0.148 e. The first kappa shape index (κ1) is 10.7. The zero-order valence-electron chi connectivity index (χ0n) is 8.00. The summed E-state index contributed by atoms with van der Waals surface area (Å²) in [6.45, 7) is 1.69. The Morgan fingerprint density at radius 3 is 2.79 bits per heavy atom. The summed E-state index contributed by atoms with van der Waals surface area (Å²) >= 11 is 5.70. The second-order valence-electron chi connectivity index (χ2n) is 2.70. The van der Waals surface area contributed by atoms with Crippen LogP contribution in [-0.2, 0) is 0 Å². The van der Waals surface area contributed by atoms with Crippen molar-refractivity contribution in [3.8, 4) is 0 Å². The van der Waals surface area contributed by atoms with Gasteiger partial charge in [0.05, 0.1) is 18.1 Å². The summed E-state index contributed by atoms with van der Waals surface area (Å²) in [4.78, 5) is 7.98. The fourth-order valence-electron chi connectivity index (χ4n) is 0.991. The standard InChI is InChI=1S/C9H11ClN4/c1-6(11)7(3-12-2)8-4-13-5-9(10)14-8/h3-5,11-12H,1-2H3/b7-3+,11-6?. The quantitative estimate of drug-likeness (QED) is 0.747. The van der Waals surface area contributed by atoms with Crippen molar-refractivity contribution in [3.63, 3.8) is 0 Å². The van der Waals surface area contributed by atoms with Crippen LogP contribution in [0.15, 0.2) is 18.6 Å². The molecule has 0 radical (unpaired) electrons. The van der Waals surface area contributed by atoms with E-state index in [1.807, 2.05) is 0 Å². The summed E-state index contributed by atoms with van der Waals surface area (Å²) in [7, 11) is 1.76. The van der Waals surface area contributed by atoms with Gasteiger partial charge in [-0.05, 0) is 6.92 Å². The largest absolute Gasteiger partial charge is 0.393 e. The molecule has 0 saturated carbocycles. The molecule has 74 valence electrons. The first-order valence-electron chi connectivity index (χ1n) is 4.06. The molecule has 0 aliphatic rings. The van der Waals surface area contributed by atoms with E-state index >= 15 is 0 Å². The van der Waals surface area contributed by atoms with Crippen LogP contribution >= 0.6 is 11.6 Å². The number of hydrogen-bond donors (Lipinski definition) is 2. The molecule has 0 atom stereocenters. The number of aromatic nitrogens is 2. The minimum atomic E-state index is 0.325. The molecule has 4 nitrogen and oxygen atoms in total. The molecule has 0 saturated heterocycles. The summed E-state index contributed by atoms with van der Waals surface area (Å²) in [5.74, 6) is 0. The molecular formula is C9H11ClN4. The summed E-state index contributed by atoms with van der Waals surface area (Å²) in [6.07, 6.45) is 4.73. The van der Waals surface area contributed by atoms with Crippen LogP contribution in [0.4, 0.5) is 0 Å². The van der Waals surface area contributed by atoms with Crippen LogP contribution in [-0.4, -0.2) is 22.7 Å². The molecule has 2 N–H and O–H groups in total. The highest BCUT2D eigenvalue weighted by Gasteiger charge is 2.06. The zero-order valence-corrected chi connectivity index (χ0v) is 8.76. The van der Waals surface area contributed by atoms with Gasteiger partial charge in [-0.1, -0.05) is 11.6 Å². The van der Waals surface area contributed by atoms with Crippen LogP contribution in [0.5, 0.6) is 0 Å². The first-order chi connectivity index (χ1) is 6.65. The maximum atomic E-state index is 7.54. The molecule has 1 rings (SSSR count). The Hall–Kier alpha value is -1.42. The summed E-state index contributed by atoms with van der Waals surface area (Å²) < 4.78 is 0. The van der Waals surface area contributed by atoms with Crippen molar-refractivity contribution in [2.75, 3.05) is 7.05 Å². The van der Waals surface area contributed by atoms with Crippen LogP contribution < -0.4 is 5.32 Å². The fraction of sp³-hybridized carbons (Fsp3) is 0.222. The van der Waals surface area contributed by atoms with Gasteiger partial charge >= 0.3 is 0 Å². The second kappa shape index (κ2) is 4.72. The Labute approximate surface area is 87.5 Å². The lowest BCUT2D eigenvalue weighted by Gasteiger charge is -2.04. The average molecular weight is 211 g/mol. The van der Waals surface area contributed by atoms with E-state index in [0.29, 0.717) is 22.1 Å². The van der Waals surface area contributed by atoms with Crippen LogP contribution in [0.2, 0.25) is 5.15 Å². The van der Waals surface area contributed by atoms with Crippen molar-refractivity contribution in [1.29, 1.82) is 5.41 Å². The molecule has 0 unspecified atom stereocenters. The van der Waals surface area contributed by atoms with Crippen molar-refractivity contribution in [2.45, 2.75) is 6.92 Å². The van der Waals surface area contributed by atoms with Crippen LogP contribution in [0.3, 0.4) is 0 Å². The van der Waals surface area contributed by atoms with Crippen LogP contribution in [0.25, 0.3) is 5.57 Å². The lowest BCUT2D eigenvalue weighted by Crippen LogP contribution is -2.04. The van der Waals surface area contributed by atoms with E-state index in [2.05, 4.69) is 15.3 Å². The molecule has 1 heterocycles. The minimum Gasteiger partial charge on any atom is -0.393 e. The SMILES string of the molecule is CN/C=C(\C(C)=N)c1cncc(Cl)n1. The Morgan fingerprint density at radius 2 is 2.29 bits per heavy atom. The zero-order chi connectivity index (χ0) is 10.6. The van der Waals surface area contributed by atoms with Crippen molar-refractivity contribution >= 4 is 22.9 Å². The van der Waals surface area contributed by atoms with Gasteiger partial charge in [-0.15, -0.1) is 0 Å². The number of rotatable bonds is 3. The molecule has 1 aromatic heterocycles. The Morgan fingerprint density at radius 1 is 1.57 bits per heavy atom. The van der Waals surface area contributed by atoms with Crippen LogP contribution in [0, 0.1) is 5.41 Å². The third kappa shape index (κ3) is 2.53. The van der Waals surface area contributed by atoms with Crippen molar-refractivity contribution in [2.24, 2.45) is 0 Å². The molecule has 0 aliphatic carbocycles. The molecule has 5 heteroatoms. The van der Waals surface area contributed by atoms with Crippen molar-refractivity contribution in [1.82, 2.24) is 15.3 Å². The van der Waals surface area contributed by atoms with E-state index in [9.17, 15) is 0 Å². The number of halogens is 1. The van der Waals surface area contributed by atoms with Gasteiger partial charge in [-0.3, -0.25) is 4.98 Å². The number of hydrogen-bond acceptors (Lipinski definition) is 4. The van der Waals surface area contributed by atoms with Gasteiger partial charge in [0.15, 0.2) is 0 Å². The average Bonchev–Trinajstić information content (AvgIpc) is 2.13. The molecule has 0 fully saturated rings. The van der Waals surface area contributed by atoms with Gasteiger partial charge in [0.1, 0.15) is 5.15 Å². The summed E-state index contributed by atoms with van der Waals surface area (Å²) in [6, 6.07) is 0. The monoisotopic (exact) mass is 210 g/mol. The van der Waals surface area contributed by atoms with Gasteiger partial charge < -0.3 is 10.7 Å². The molecular weight excluding hydrogens is 200 g/mol. The molecule has 0 amide bonds. The second-order valence-corrected chi connectivity index (χ2v) is 3.09. The Kier molecular flexibility index (Phi) is 3.59. The van der Waals surface area contributed by atoms with Gasteiger partial charge in [0.2, 0.25) is 0 Å². The fourth-order valence-corrected chi connectivity index (χ4v) is 1.14. The van der Waals surface area contributed by atoms with E-state index in [1.54, 1.807) is 26.4 Å². The summed E-state index contributed by atoms with van der Waals surface area (Å²) in [5, 5.41) is 10.7. The van der Waals surface area contributed by atoms with Crippen LogP contribution in [0.1, 0.15) is 12.6 Å². The lowest BCUT2D eigenvalue weighted by molar-refractivity contribution is 1.10.